The molecule has 0 aliphatic carbocycles. The molecule has 1 aliphatic heterocycles. The minimum absolute atomic E-state index is 0.126. The summed E-state index contributed by atoms with van der Waals surface area (Å²) in [7, 11) is 0. The highest BCUT2D eigenvalue weighted by atomic mass is 32.2. The highest BCUT2D eigenvalue weighted by molar-refractivity contribution is 7.99. The van der Waals surface area contributed by atoms with E-state index in [0.717, 1.165) is 24.3 Å². The molecule has 1 heterocycles. The molecule has 1 aliphatic rings. The zero-order valence-corrected chi connectivity index (χ0v) is 11.0. The van der Waals surface area contributed by atoms with Crippen molar-refractivity contribution in [3.8, 4) is 0 Å². The number of carboxylic acid groups (broad SMARTS) is 1. The summed E-state index contributed by atoms with van der Waals surface area (Å²) in [6.07, 6.45) is 2.07. The molecule has 6 heteroatoms. The standard InChI is InChI=1S/C11H20N2O3S/c1-7(2)9(10(14)15)13-11(16)12-8-4-3-5-17-6-8/h7-9H,3-6H2,1-2H3,(H,14,15)(H2,12,13,16)/t8?,9-/m1/s1. The maximum atomic E-state index is 11.6. The molecule has 0 aromatic heterocycles. The van der Waals surface area contributed by atoms with Crippen LogP contribution in [0.2, 0.25) is 0 Å². The number of amides is 2. The number of carbonyl (C=O) groups is 2. The van der Waals surface area contributed by atoms with E-state index in [2.05, 4.69) is 10.6 Å². The van der Waals surface area contributed by atoms with Gasteiger partial charge in [-0.2, -0.15) is 11.8 Å². The maximum absolute atomic E-state index is 11.6. The molecule has 0 aromatic rings. The Kier molecular flexibility index (Phi) is 5.61. The third-order valence-electron chi connectivity index (χ3n) is 2.71. The van der Waals surface area contributed by atoms with Crippen molar-refractivity contribution in [1.29, 1.82) is 0 Å². The van der Waals surface area contributed by atoms with Crippen LogP contribution in [0.3, 0.4) is 0 Å². The molecular weight excluding hydrogens is 240 g/mol. The lowest BCUT2D eigenvalue weighted by Crippen LogP contribution is -2.51. The van der Waals surface area contributed by atoms with Crippen molar-refractivity contribution < 1.29 is 14.7 Å². The van der Waals surface area contributed by atoms with E-state index in [9.17, 15) is 9.59 Å². The Morgan fingerprint density at radius 2 is 2.12 bits per heavy atom. The monoisotopic (exact) mass is 260 g/mol. The number of hydrogen-bond acceptors (Lipinski definition) is 3. The topological polar surface area (TPSA) is 78.4 Å². The summed E-state index contributed by atoms with van der Waals surface area (Å²) in [6, 6.07) is -1.04. The molecule has 98 valence electrons. The van der Waals surface area contributed by atoms with E-state index in [4.69, 9.17) is 5.11 Å². The lowest BCUT2D eigenvalue weighted by molar-refractivity contribution is -0.140. The van der Waals surface area contributed by atoms with Gasteiger partial charge in [0.1, 0.15) is 6.04 Å². The number of carboxylic acids is 1. The Labute approximate surface area is 106 Å². The van der Waals surface area contributed by atoms with Gasteiger partial charge >= 0.3 is 12.0 Å². The molecule has 1 rings (SSSR count). The summed E-state index contributed by atoms with van der Waals surface area (Å²) in [5, 5.41) is 14.3. The van der Waals surface area contributed by atoms with Gasteiger partial charge in [-0.15, -0.1) is 0 Å². The van der Waals surface area contributed by atoms with Gasteiger partial charge in [0, 0.05) is 11.8 Å². The molecule has 1 fully saturated rings. The Hall–Kier alpha value is -0.910. The molecular formula is C11H20N2O3S. The zero-order chi connectivity index (χ0) is 12.8. The van der Waals surface area contributed by atoms with Crippen molar-refractivity contribution >= 4 is 23.8 Å². The quantitative estimate of drug-likeness (QED) is 0.711. The average Bonchev–Trinajstić information content (AvgIpc) is 2.26. The number of hydrogen-bond donors (Lipinski definition) is 3. The second-order valence-corrected chi connectivity index (χ2v) is 5.74. The first-order valence-electron chi connectivity index (χ1n) is 5.88. The van der Waals surface area contributed by atoms with E-state index in [1.54, 1.807) is 13.8 Å². The smallest absolute Gasteiger partial charge is 0.326 e. The summed E-state index contributed by atoms with van der Waals surface area (Å²) < 4.78 is 0. The van der Waals surface area contributed by atoms with Crippen molar-refractivity contribution in [2.45, 2.75) is 38.8 Å². The summed E-state index contributed by atoms with van der Waals surface area (Å²) >= 11 is 1.82. The van der Waals surface area contributed by atoms with Crippen LogP contribution < -0.4 is 10.6 Å². The van der Waals surface area contributed by atoms with E-state index in [1.165, 1.54) is 0 Å². The average molecular weight is 260 g/mol. The second-order valence-electron chi connectivity index (χ2n) is 4.59. The molecule has 1 unspecified atom stereocenters. The first kappa shape index (κ1) is 14.2. The molecule has 17 heavy (non-hydrogen) atoms. The van der Waals surface area contributed by atoms with Gasteiger partial charge in [-0.3, -0.25) is 0 Å². The number of rotatable bonds is 4. The summed E-state index contributed by atoms with van der Waals surface area (Å²) in [6.45, 7) is 3.55. The third kappa shape index (κ3) is 4.85. The lowest BCUT2D eigenvalue weighted by Gasteiger charge is -2.24. The van der Waals surface area contributed by atoms with Crippen molar-refractivity contribution in [3.05, 3.63) is 0 Å². The number of carbonyl (C=O) groups excluding carboxylic acids is 1. The van der Waals surface area contributed by atoms with E-state index in [1.807, 2.05) is 11.8 Å². The highest BCUT2D eigenvalue weighted by Gasteiger charge is 2.24. The molecule has 0 saturated carbocycles. The largest absolute Gasteiger partial charge is 0.480 e. The maximum Gasteiger partial charge on any atom is 0.326 e. The molecule has 0 spiro atoms. The third-order valence-corrected chi connectivity index (χ3v) is 3.93. The summed E-state index contributed by atoms with van der Waals surface area (Å²) in [5.74, 6) is 0.934. The van der Waals surface area contributed by atoms with Crippen LogP contribution in [-0.2, 0) is 4.79 Å². The minimum Gasteiger partial charge on any atom is -0.480 e. The lowest BCUT2D eigenvalue weighted by atomic mass is 10.1. The molecule has 0 radical (unpaired) electrons. The number of nitrogens with one attached hydrogen (secondary N) is 2. The molecule has 1 saturated heterocycles. The van der Waals surface area contributed by atoms with E-state index in [0.29, 0.717) is 0 Å². The zero-order valence-electron chi connectivity index (χ0n) is 10.2. The van der Waals surface area contributed by atoms with Gasteiger partial charge in [0.15, 0.2) is 0 Å². The molecule has 5 nitrogen and oxygen atoms in total. The van der Waals surface area contributed by atoms with Gasteiger partial charge in [0.2, 0.25) is 0 Å². The fraction of sp³-hybridized carbons (Fsp3) is 0.818. The van der Waals surface area contributed by atoms with Crippen LogP contribution in [0.15, 0.2) is 0 Å². The van der Waals surface area contributed by atoms with Gasteiger partial charge < -0.3 is 15.7 Å². The van der Waals surface area contributed by atoms with Crippen LogP contribution in [-0.4, -0.2) is 40.7 Å². The molecule has 2 atom stereocenters. The normalized spacial score (nSPS) is 21.9. The highest BCUT2D eigenvalue weighted by Crippen LogP contribution is 2.16. The van der Waals surface area contributed by atoms with Crippen molar-refractivity contribution in [2.75, 3.05) is 11.5 Å². The van der Waals surface area contributed by atoms with Crippen LogP contribution in [0, 0.1) is 5.92 Å². The Balaban J connectivity index is 2.38. The van der Waals surface area contributed by atoms with E-state index < -0.39 is 12.0 Å². The van der Waals surface area contributed by atoms with Gasteiger partial charge in [0.25, 0.3) is 0 Å². The summed E-state index contributed by atoms with van der Waals surface area (Å²) in [4.78, 5) is 22.6. The van der Waals surface area contributed by atoms with E-state index in [-0.39, 0.29) is 18.0 Å². The van der Waals surface area contributed by atoms with Crippen LogP contribution in [0.1, 0.15) is 26.7 Å². The molecule has 0 aromatic carbocycles. The first-order valence-corrected chi connectivity index (χ1v) is 7.03. The second kappa shape index (κ2) is 6.74. The molecule has 0 bridgehead atoms. The molecule has 3 N–H and O–H groups in total. The van der Waals surface area contributed by atoms with Gasteiger partial charge in [-0.05, 0) is 24.5 Å². The van der Waals surface area contributed by atoms with Gasteiger partial charge in [-0.25, -0.2) is 9.59 Å². The van der Waals surface area contributed by atoms with Crippen molar-refractivity contribution in [2.24, 2.45) is 5.92 Å². The Morgan fingerprint density at radius 3 is 2.59 bits per heavy atom. The molecule has 2 amide bonds. The summed E-state index contributed by atoms with van der Waals surface area (Å²) in [5.41, 5.74) is 0. The van der Waals surface area contributed by atoms with Crippen LogP contribution >= 0.6 is 11.8 Å². The fourth-order valence-corrected chi connectivity index (χ4v) is 2.81. The predicted molar refractivity (Wildman–Crippen MR) is 68.3 cm³/mol. The van der Waals surface area contributed by atoms with Crippen molar-refractivity contribution in [3.63, 3.8) is 0 Å². The Bertz CT molecular complexity index is 278. The van der Waals surface area contributed by atoms with Gasteiger partial charge in [0.05, 0.1) is 0 Å². The number of thioether (sulfide) groups is 1. The first-order chi connectivity index (χ1) is 8.00. The predicted octanol–water partition coefficient (Wildman–Crippen LogP) is 1.29. The Morgan fingerprint density at radius 1 is 1.41 bits per heavy atom. The van der Waals surface area contributed by atoms with Crippen LogP contribution in [0.4, 0.5) is 4.79 Å². The van der Waals surface area contributed by atoms with Crippen LogP contribution in [0.5, 0.6) is 0 Å². The van der Waals surface area contributed by atoms with Gasteiger partial charge in [-0.1, -0.05) is 13.8 Å². The van der Waals surface area contributed by atoms with Crippen molar-refractivity contribution in [1.82, 2.24) is 10.6 Å². The number of aliphatic carboxylic acids is 1. The SMILES string of the molecule is CC(C)[C@@H](NC(=O)NC1CCCSC1)C(=O)O. The van der Waals surface area contributed by atoms with E-state index >= 15 is 0 Å². The number of urea groups is 1. The fourth-order valence-electron chi connectivity index (χ4n) is 1.74. The van der Waals surface area contributed by atoms with Crippen LogP contribution in [0.25, 0.3) is 0 Å². The minimum atomic E-state index is -0.992.